The predicted molar refractivity (Wildman–Crippen MR) is 445 cm³/mol. The molecule has 0 atom stereocenters. The van der Waals surface area contributed by atoms with E-state index in [0.717, 1.165) is 39.3 Å². The Bertz CT molecular complexity index is 3880. The average Bonchev–Trinajstić information content (AvgIpc) is 0.817. The summed E-state index contributed by atoms with van der Waals surface area (Å²) in [6, 6.07) is 75.5. The van der Waals surface area contributed by atoms with Gasteiger partial charge in [-0.15, -0.1) is 24.3 Å². The van der Waals surface area contributed by atoms with E-state index >= 15 is 0 Å². The normalized spacial score (nSPS) is 8.98. The second-order valence-electron chi connectivity index (χ2n) is 17.7. The fourth-order valence-electron chi connectivity index (χ4n) is 7.41. The third kappa shape index (κ3) is 40.1. The van der Waals surface area contributed by atoms with E-state index < -0.39 is 29.5 Å². The smallest absolute Gasteiger partial charge is 0.522 e. The summed E-state index contributed by atoms with van der Waals surface area (Å²) in [4.78, 5) is 1.62. The Morgan fingerprint density at radius 1 is 0.221 bits per heavy atom. The molecule has 576 valence electrons. The molecule has 104 heavy (non-hydrogen) atoms. The van der Waals surface area contributed by atoms with Crippen LogP contribution in [0, 0.1) is 32.9 Å². The minimum atomic E-state index is -3.55. The molecule has 0 fully saturated rings. The zero-order chi connectivity index (χ0) is 77.1. The first kappa shape index (κ1) is 112. The summed E-state index contributed by atoms with van der Waals surface area (Å²) in [5.41, 5.74) is 5.21. The standard InChI is InChI=1S/C26H22O4S.C19H15O3S.C14H14O3S.C7H7O.10C2H6.3CH4.W/c1-19-3-15-25(16-4-19)31(27,28)26-17-13-24(14-18-26)30-23-11-7-21(8-12-23)20-5-9-22(29-2)10-6-20;1-15-7-11-18(12-8-15)23(20,21)19-13-9-17(10-14-19)22-16-5-3-2-4-6-16;1-11-3-7-13(8-4-11)18(15,16)14-9-5-12(17-2)6-10-14;1-8-7-5-3-2-4-6-7;10*1-2;;;;/h3-18H,1-2H3;3-14H,1H3;3-10H,1-2H3;3-6H,1H3;10*1-2H3;3*1H4;/q;-1;;-1;;;;;;;;;;;;;;+2. The molecule has 0 bridgehead atoms. The summed E-state index contributed by atoms with van der Waals surface area (Å²) < 4.78 is 102. The van der Waals surface area contributed by atoms with Crippen LogP contribution < -0.4 is 23.7 Å². The van der Waals surface area contributed by atoms with Gasteiger partial charge in [0.1, 0.15) is 28.7 Å². The molecule has 10 aromatic rings. The molecular formula is C89H130O11S3W. The molecule has 0 aliphatic carbocycles. The molecule has 15 heteroatoms. The van der Waals surface area contributed by atoms with Crippen LogP contribution in [0.25, 0.3) is 11.1 Å². The van der Waals surface area contributed by atoms with Crippen molar-refractivity contribution in [3.63, 3.8) is 0 Å². The van der Waals surface area contributed by atoms with Gasteiger partial charge in [-0.25, -0.2) is 25.3 Å². The van der Waals surface area contributed by atoms with Crippen LogP contribution in [-0.2, 0) is 50.6 Å². The quantitative estimate of drug-likeness (QED) is 0.0958. The van der Waals surface area contributed by atoms with Crippen LogP contribution in [0.5, 0.6) is 40.2 Å². The molecule has 0 saturated heterocycles. The van der Waals surface area contributed by atoms with E-state index in [4.69, 9.17) is 23.7 Å². The Labute approximate surface area is 649 Å². The first-order chi connectivity index (χ1) is 48.5. The van der Waals surface area contributed by atoms with Crippen molar-refractivity contribution >= 4 is 29.5 Å². The molecule has 0 saturated carbocycles. The van der Waals surface area contributed by atoms with Gasteiger partial charge in [0.05, 0.1) is 50.7 Å². The second kappa shape index (κ2) is 67.9. The zero-order valence-corrected chi connectivity index (χ0v) is 70.6. The first-order valence-electron chi connectivity index (χ1n) is 34.8. The molecule has 0 spiro atoms. The molecule has 0 amide bonds. The minimum absolute atomic E-state index is 0. The van der Waals surface area contributed by atoms with E-state index in [-0.39, 0.29) is 67.8 Å². The Kier molecular flexibility index (Phi) is 72.9. The minimum Gasteiger partial charge on any atom is -0.522 e. The number of benzene rings is 10. The van der Waals surface area contributed by atoms with E-state index in [1.165, 1.54) is 0 Å². The van der Waals surface area contributed by atoms with Gasteiger partial charge >= 0.3 is 21.1 Å². The summed E-state index contributed by atoms with van der Waals surface area (Å²) >= 11 is 0. The Morgan fingerprint density at radius 3 is 0.558 bits per heavy atom. The van der Waals surface area contributed by atoms with Crippen LogP contribution in [0.2, 0.25) is 0 Å². The van der Waals surface area contributed by atoms with Crippen LogP contribution in [-0.4, -0.2) is 46.6 Å². The zero-order valence-electron chi connectivity index (χ0n) is 65.2. The van der Waals surface area contributed by atoms with Gasteiger partial charge in [0, 0.05) is 11.5 Å². The number of sulfone groups is 3. The van der Waals surface area contributed by atoms with E-state index in [1.807, 2.05) is 232 Å². The number of hydrogen-bond acceptors (Lipinski definition) is 11. The Hall–Kier alpha value is -8.26. The van der Waals surface area contributed by atoms with Crippen molar-refractivity contribution in [2.75, 3.05) is 21.3 Å². The molecule has 0 aromatic heterocycles. The Morgan fingerprint density at radius 2 is 0.365 bits per heavy atom. The third-order valence-corrected chi connectivity index (χ3v) is 17.3. The number of hydrogen-bond donors (Lipinski definition) is 0. The Balaban J connectivity index is -0.000000188. The van der Waals surface area contributed by atoms with Crippen molar-refractivity contribution in [2.45, 2.75) is 211 Å². The number of ether oxygens (including phenoxy) is 5. The maximum atomic E-state index is 12.8. The van der Waals surface area contributed by atoms with Gasteiger partial charge in [0.25, 0.3) is 0 Å². The van der Waals surface area contributed by atoms with Gasteiger partial charge in [0.2, 0.25) is 29.5 Å². The molecule has 0 heterocycles. The van der Waals surface area contributed by atoms with Crippen LogP contribution in [0.1, 0.15) is 177 Å². The predicted octanol–water partition coefficient (Wildman–Crippen LogP) is 27.2. The van der Waals surface area contributed by atoms with Crippen molar-refractivity contribution < 1.29 is 70.0 Å². The van der Waals surface area contributed by atoms with Gasteiger partial charge in [-0.05, 0) is 165 Å². The van der Waals surface area contributed by atoms with E-state index in [9.17, 15) is 25.3 Å². The maximum absolute atomic E-state index is 12.8. The van der Waals surface area contributed by atoms with E-state index in [2.05, 4.69) is 12.1 Å². The fraction of sp³-hybridized carbons (Fsp3) is 0.326. The van der Waals surface area contributed by atoms with E-state index in [1.54, 1.807) is 191 Å². The summed E-state index contributed by atoms with van der Waals surface area (Å²) in [7, 11) is -5.66. The summed E-state index contributed by atoms with van der Waals surface area (Å²) in [6.45, 7) is 45.8. The van der Waals surface area contributed by atoms with Crippen molar-refractivity contribution in [3.8, 4) is 51.4 Å². The number of methoxy groups -OCH3 is 3. The molecule has 10 rings (SSSR count). The van der Waals surface area contributed by atoms with Gasteiger partial charge in [-0.1, -0.05) is 238 Å². The molecule has 10 aromatic carbocycles. The van der Waals surface area contributed by atoms with Crippen LogP contribution in [0.3, 0.4) is 0 Å². The van der Waals surface area contributed by atoms with Crippen molar-refractivity contribution in [1.82, 2.24) is 0 Å². The monoisotopic (exact) mass is 1650 g/mol. The van der Waals surface area contributed by atoms with Crippen LogP contribution in [0.15, 0.2) is 272 Å². The number of aryl methyl sites for hydroxylation is 3. The SMILES string of the molecule is C.C.C.CC.CC.CC.CC.CC.CC.CC.CC.CC.CC.COc1cc[c-]cc1.COc1ccc(-c2ccc(Oc3ccc(S(=O)(=O)c4ccc(C)cc4)cc3)cc2)cc1.COc1ccc(S(=O)(=O)c2ccc(C)cc2)cc1.Cc1ccc(S(=O)(=O)c2ccc(Oc3cc[c-]cc3)cc2)cc1.[W+2]. The van der Waals surface area contributed by atoms with Gasteiger partial charge in [0.15, 0.2) is 0 Å². The fourth-order valence-corrected chi connectivity index (χ4v) is 11.2. The average molecular weight is 1660 g/mol. The molecule has 0 unspecified atom stereocenters. The molecule has 0 aliphatic rings. The third-order valence-electron chi connectivity index (χ3n) is 12.0. The van der Waals surface area contributed by atoms with Crippen molar-refractivity contribution in [1.29, 1.82) is 0 Å². The van der Waals surface area contributed by atoms with Gasteiger partial charge in [-0.2, -0.15) is 36.4 Å². The second-order valence-corrected chi connectivity index (χ2v) is 23.5. The maximum Gasteiger partial charge on any atom is 2.00 e. The topological polar surface area (TPSA) is 149 Å². The number of rotatable bonds is 14. The summed E-state index contributed by atoms with van der Waals surface area (Å²) in [5, 5.41) is 0. The molecule has 0 aliphatic heterocycles. The summed E-state index contributed by atoms with van der Waals surface area (Å²) in [5.74, 6) is 4.83. The largest absolute Gasteiger partial charge is 2.00 e. The molecule has 0 N–H and O–H groups in total. The van der Waals surface area contributed by atoms with Gasteiger partial charge < -0.3 is 23.7 Å². The summed E-state index contributed by atoms with van der Waals surface area (Å²) in [6.07, 6.45) is 0. The van der Waals surface area contributed by atoms with Crippen LogP contribution >= 0.6 is 0 Å². The van der Waals surface area contributed by atoms with Crippen molar-refractivity contribution in [3.05, 3.63) is 271 Å². The van der Waals surface area contributed by atoms with E-state index in [0.29, 0.717) is 33.6 Å². The molecule has 0 radical (unpaired) electrons. The van der Waals surface area contributed by atoms with Crippen LogP contribution in [0.4, 0.5) is 0 Å². The molecular weight excluding hydrogens is 1530 g/mol. The van der Waals surface area contributed by atoms with Crippen molar-refractivity contribution in [2.24, 2.45) is 0 Å². The van der Waals surface area contributed by atoms with Gasteiger partial charge in [-0.3, -0.25) is 0 Å². The first-order valence-corrected chi connectivity index (χ1v) is 39.3. The molecule has 11 nitrogen and oxygen atoms in total.